The first kappa shape index (κ1) is 15.0. The molecule has 1 aliphatic heterocycles. The lowest BCUT2D eigenvalue weighted by atomic mass is 10.1. The van der Waals surface area contributed by atoms with E-state index in [1.807, 2.05) is 6.07 Å². The van der Waals surface area contributed by atoms with E-state index in [1.165, 1.54) is 38.5 Å². The molecule has 0 amide bonds. The van der Waals surface area contributed by atoms with E-state index < -0.39 is 0 Å². The molecule has 2 rings (SSSR count). The third kappa shape index (κ3) is 4.95. The first-order valence-corrected chi connectivity index (χ1v) is 8.03. The zero-order chi connectivity index (χ0) is 14.0. The molecule has 0 bridgehead atoms. The summed E-state index contributed by atoms with van der Waals surface area (Å²) in [6.07, 6.45) is 8.92. The van der Waals surface area contributed by atoms with Crippen LogP contribution in [0.4, 0.5) is 5.69 Å². The van der Waals surface area contributed by atoms with Gasteiger partial charge in [0.25, 0.3) is 0 Å². The first-order chi connectivity index (χ1) is 9.90. The number of benzene rings is 1. The van der Waals surface area contributed by atoms with Gasteiger partial charge in [-0.2, -0.15) is 0 Å². The van der Waals surface area contributed by atoms with E-state index in [0.29, 0.717) is 0 Å². The third-order valence-corrected chi connectivity index (χ3v) is 3.61. The Morgan fingerprint density at radius 3 is 2.55 bits per heavy atom. The van der Waals surface area contributed by atoms with Gasteiger partial charge in [-0.25, -0.2) is 0 Å². The second-order valence-corrected chi connectivity index (χ2v) is 5.41. The first-order valence-electron chi connectivity index (χ1n) is 8.03. The molecule has 0 saturated heterocycles. The molecule has 0 aromatic heterocycles. The van der Waals surface area contributed by atoms with Gasteiger partial charge in [-0.15, -0.1) is 0 Å². The molecule has 3 nitrogen and oxygen atoms in total. The van der Waals surface area contributed by atoms with Crippen molar-refractivity contribution in [3.63, 3.8) is 0 Å². The van der Waals surface area contributed by atoms with Gasteiger partial charge in [0.05, 0.1) is 13.2 Å². The largest absolute Gasteiger partial charge is 0.490 e. The van der Waals surface area contributed by atoms with Crippen molar-refractivity contribution >= 4 is 5.69 Å². The molecule has 3 heteroatoms. The number of nitrogens with one attached hydrogen (secondary N) is 1. The molecule has 1 N–H and O–H groups in total. The van der Waals surface area contributed by atoms with Crippen LogP contribution >= 0.6 is 0 Å². The number of fused-ring (bicyclic) bond motifs is 1. The second-order valence-electron chi connectivity index (χ2n) is 5.41. The van der Waals surface area contributed by atoms with Crippen LogP contribution in [0.5, 0.6) is 11.5 Å². The minimum absolute atomic E-state index is 0.744. The van der Waals surface area contributed by atoms with Crippen molar-refractivity contribution in [1.29, 1.82) is 0 Å². The van der Waals surface area contributed by atoms with Gasteiger partial charge >= 0.3 is 0 Å². The fourth-order valence-corrected chi connectivity index (χ4v) is 2.41. The zero-order valence-electron chi connectivity index (χ0n) is 12.6. The molecule has 0 unspecified atom stereocenters. The summed E-state index contributed by atoms with van der Waals surface area (Å²) in [6.45, 7) is 4.78. The van der Waals surface area contributed by atoms with E-state index in [0.717, 1.165) is 43.4 Å². The molecule has 0 radical (unpaired) electrons. The van der Waals surface area contributed by atoms with E-state index in [1.54, 1.807) is 0 Å². The molecule has 0 saturated carbocycles. The number of hydrogen-bond acceptors (Lipinski definition) is 3. The highest BCUT2D eigenvalue weighted by Crippen LogP contribution is 2.32. The lowest BCUT2D eigenvalue weighted by molar-refractivity contribution is 0.297. The van der Waals surface area contributed by atoms with Crippen molar-refractivity contribution in [3.05, 3.63) is 18.2 Å². The van der Waals surface area contributed by atoms with Gasteiger partial charge in [-0.1, -0.05) is 39.0 Å². The topological polar surface area (TPSA) is 30.5 Å². The Hall–Kier alpha value is -1.38. The van der Waals surface area contributed by atoms with Crippen LogP contribution in [0.15, 0.2) is 18.2 Å². The van der Waals surface area contributed by atoms with Crippen LogP contribution in [0.1, 0.15) is 51.9 Å². The van der Waals surface area contributed by atoms with Crippen molar-refractivity contribution in [2.45, 2.75) is 51.9 Å². The molecule has 0 aliphatic carbocycles. The van der Waals surface area contributed by atoms with E-state index in [2.05, 4.69) is 24.4 Å². The molecule has 1 aromatic carbocycles. The smallest absolute Gasteiger partial charge is 0.163 e. The van der Waals surface area contributed by atoms with Crippen LogP contribution in [0.25, 0.3) is 0 Å². The molecule has 1 aliphatic rings. The van der Waals surface area contributed by atoms with Crippen molar-refractivity contribution in [2.75, 3.05) is 25.1 Å². The Balaban J connectivity index is 1.69. The number of hydrogen-bond donors (Lipinski definition) is 1. The Kier molecular flexibility index (Phi) is 6.55. The predicted octanol–water partition coefficient (Wildman–Crippen LogP) is 4.62. The SMILES string of the molecule is CCCCCCCCNc1ccc2c(c1)OCCCO2. The van der Waals surface area contributed by atoms with E-state index in [-0.39, 0.29) is 0 Å². The van der Waals surface area contributed by atoms with Gasteiger partial charge in [0.2, 0.25) is 0 Å². The Bertz CT molecular complexity index is 393. The van der Waals surface area contributed by atoms with Crippen molar-refractivity contribution in [1.82, 2.24) is 0 Å². The van der Waals surface area contributed by atoms with Gasteiger partial charge < -0.3 is 14.8 Å². The average molecular weight is 277 g/mol. The van der Waals surface area contributed by atoms with Crippen LogP contribution in [0.3, 0.4) is 0 Å². The van der Waals surface area contributed by atoms with Gasteiger partial charge in [0, 0.05) is 24.7 Å². The highest BCUT2D eigenvalue weighted by atomic mass is 16.5. The summed E-state index contributed by atoms with van der Waals surface area (Å²) < 4.78 is 11.3. The zero-order valence-corrected chi connectivity index (χ0v) is 12.6. The second kappa shape index (κ2) is 8.72. The summed E-state index contributed by atoms with van der Waals surface area (Å²) in [6, 6.07) is 6.13. The maximum Gasteiger partial charge on any atom is 0.163 e. The van der Waals surface area contributed by atoms with Crippen LogP contribution in [0.2, 0.25) is 0 Å². The molecule has 0 spiro atoms. The molecule has 1 aromatic rings. The van der Waals surface area contributed by atoms with Gasteiger partial charge in [-0.3, -0.25) is 0 Å². The molecule has 112 valence electrons. The van der Waals surface area contributed by atoms with E-state index in [4.69, 9.17) is 9.47 Å². The quantitative estimate of drug-likeness (QED) is 0.703. The molecule has 20 heavy (non-hydrogen) atoms. The van der Waals surface area contributed by atoms with Crippen molar-refractivity contribution in [2.24, 2.45) is 0 Å². The van der Waals surface area contributed by atoms with Gasteiger partial charge in [-0.05, 0) is 18.6 Å². The van der Waals surface area contributed by atoms with Crippen molar-refractivity contribution in [3.8, 4) is 11.5 Å². The minimum atomic E-state index is 0.744. The lowest BCUT2D eigenvalue weighted by Crippen LogP contribution is -2.02. The monoisotopic (exact) mass is 277 g/mol. The van der Waals surface area contributed by atoms with Crippen LogP contribution in [-0.4, -0.2) is 19.8 Å². The fourth-order valence-electron chi connectivity index (χ4n) is 2.41. The summed E-state index contributed by atoms with van der Waals surface area (Å²) in [7, 11) is 0. The van der Waals surface area contributed by atoms with E-state index >= 15 is 0 Å². The summed E-state index contributed by atoms with van der Waals surface area (Å²) in [5, 5.41) is 3.47. The summed E-state index contributed by atoms with van der Waals surface area (Å²) in [4.78, 5) is 0. The normalized spacial score (nSPS) is 13.8. The highest BCUT2D eigenvalue weighted by Gasteiger charge is 2.10. The molecule has 1 heterocycles. The molecular formula is C17H27NO2. The molecule has 0 atom stereocenters. The summed E-state index contributed by atoms with van der Waals surface area (Å²) in [5.41, 5.74) is 1.13. The summed E-state index contributed by atoms with van der Waals surface area (Å²) in [5.74, 6) is 1.74. The Labute approximate surface area is 122 Å². The lowest BCUT2D eigenvalue weighted by Gasteiger charge is -2.11. The number of unbranched alkanes of at least 4 members (excludes halogenated alkanes) is 5. The summed E-state index contributed by atoms with van der Waals surface area (Å²) >= 11 is 0. The maximum absolute atomic E-state index is 5.70. The van der Waals surface area contributed by atoms with Crippen LogP contribution in [-0.2, 0) is 0 Å². The minimum Gasteiger partial charge on any atom is -0.490 e. The van der Waals surface area contributed by atoms with Crippen LogP contribution < -0.4 is 14.8 Å². The third-order valence-electron chi connectivity index (χ3n) is 3.61. The Morgan fingerprint density at radius 1 is 0.950 bits per heavy atom. The molecule has 0 fully saturated rings. The number of rotatable bonds is 8. The van der Waals surface area contributed by atoms with Crippen LogP contribution in [0, 0.1) is 0 Å². The fraction of sp³-hybridized carbons (Fsp3) is 0.647. The maximum atomic E-state index is 5.70. The van der Waals surface area contributed by atoms with Crippen molar-refractivity contribution < 1.29 is 9.47 Å². The Morgan fingerprint density at radius 2 is 1.70 bits per heavy atom. The number of anilines is 1. The highest BCUT2D eigenvalue weighted by molar-refractivity contribution is 5.54. The van der Waals surface area contributed by atoms with E-state index in [9.17, 15) is 0 Å². The average Bonchev–Trinajstić information content (AvgIpc) is 2.71. The molecular weight excluding hydrogens is 250 g/mol. The van der Waals surface area contributed by atoms with Gasteiger partial charge in [0.15, 0.2) is 11.5 Å². The predicted molar refractivity (Wildman–Crippen MR) is 83.9 cm³/mol. The number of ether oxygens (including phenoxy) is 2. The van der Waals surface area contributed by atoms with Gasteiger partial charge in [0.1, 0.15) is 0 Å². The standard InChI is InChI=1S/C17H27NO2/c1-2-3-4-5-6-7-11-18-15-9-10-16-17(14-15)20-13-8-12-19-16/h9-10,14,18H,2-8,11-13H2,1H3.